The van der Waals surface area contributed by atoms with E-state index in [1.165, 1.54) is 0 Å². The van der Waals surface area contributed by atoms with E-state index < -0.39 is 0 Å². The van der Waals surface area contributed by atoms with Crippen molar-refractivity contribution >= 4 is 29.6 Å². The van der Waals surface area contributed by atoms with Crippen LogP contribution in [0, 0.1) is 0 Å². The minimum atomic E-state index is -0.00425. The first-order chi connectivity index (χ1) is 12.3. The van der Waals surface area contributed by atoms with Crippen LogP contribution in [-0.2, 0) is 6.61 Å². The summed E-state index contributed by atoms with van der Waals surface area (Å²) in [6.45, 7) is 0.430. The molecule has 1 atom stereocenters. The number of amides is 1. The Morgan fingerprint density at radius 1 is 1.24 bits per heavy atom. The lowest BCUT2D eigenvalue weighted by molar-refractivity contribution is 0.0784. The number of benzene rings is 2. The molecule has 25 heavy (non-hydrogen) atoms. The quantitative estimate of drug-likeness (QED) is 0.843. The van der Waals surface area contributed by atoms with E-state index in [9.17, 15) is 4.79 Å². The Balaban J connectivity index is 1.65. The zero-order valence-electron chi connectivity index (χ0n) is 13.8. The van der Waals surface area contributed by atoms with E-state index in [4.69, 9.17) is 9.47 Å². The Kier molecular flexibility index (Phi) is 4.36. The SMILES string of the molecule is COc1cc2c(cc1OCc1ccccc1)N=C[C@@H]1CSCN1C2=O. The van der Waals surface area contributed by atoms with Gasteiger partial charge in [0.1, 0.15) is 6.61 Å². The van der Waals surface area contributed by atoms with E-state index >= 15 is 0 Å². The van der Waals surface area contributed by atoms with Crippen molar-refractivity contribution in [3.8, 4) is 11.5 Å². The number of nitrogens with zero attached hydrogens (tertiary/aromatic N) is 2. The minimum absolute atomic E-state index is 0.00425. The summed E-state index contributed by atoms with van der Waals surface area (Å²) in [6, 6.07) is 13.5. The van der Waals surface area contributed by atoms with Crippen LogP contribution in [0.2, 0.25) is 0 Å². The molecule has 0 unspecified atom stereocenters. The van der Waals surface area contributed by atoms with Crippen molar-refractivity contribution in [2.45, 2.75) is 12.6 Å². The average molecular weight is 354 g/mol. The fourth-order valence-electron chi connectivity index (χ4n) is 2.95. The second-order valence-electron chi connectivity index (χ2n) is 5.91. The lowest BCUT2D eigenvalue weighted by Gasteiger charge is -2.19. The second kappa shape index (κ2) is 6.80. The predicted octanol–water partition coefficient (Wildman–Crippen LogP) is 3.51. The second-order valence-corrected chi connectivity index (χ2v) is 6.91. The molecule has 0 spiro atoms. The number of hydrogen-bond donors (Lipinski definition) is 0. The average Bonchev–Trinajstić information content (AvgIpc) is 3.08. The van der Waals surface area contributed by atoms with Crippen LogP contribution in [-0.4, -0.2) is 41.8 Å². The lowest BCUT2D eigenvalue weighted by atomic mass is 10.1. The number of methoxy groups -OCH3 is 1. The summed E-state index contributed by atoms with van der Waals surface area (Å²) < 4.78 is 11.4. The predicted molar refractivity (Wildman–Crippen MR) is 99.2 cm³/mol. The molecule has 5 nitrogen and oxygen atoms in total. The maximum atomic E-state index is 12.8. The fourth-order valence-corrected chi connectivity index (χ4v) is 4.06. The highest BCUT2D eigenvalue weighted by Crippen LogP contribution is 2.38. The van der Waals surface area contributed by atoms with E-state index in [2.05, 4.69) is 4.99 Å². The number of hydrogen-bond acceptors (Lipinski definition) is 5. The van der Waals surface area contributed by atoms with Gasteiger partial charge in [-0.2, -0.15) is 0 Å². The first kappa shape index (κ1) is 16.0. The third kappa shape index (κ3) is 3.09. The van der Waals surface area contributed by atoms with E-state index in [1.807, 2.05) is 41.4 Å². The fraction of sp³-hybridized carbons (Fsp3) is 0.263. The van der Waals surface area contributed by atoms with Crippen molar-refractivity contribution in [1.82, 2.24) is 4.90 Å². The van der Waals surface area contributed by atoms with Crippen LogP contribution in [0.4, 0.5) is 5.69 Å². The van der Waals surface area contributed by atoms with Crippen molar-refractivity contribution in [2.24, 2.45) is 4.99 Å². The Morgan fingerprint density at radius 3 is 2.88 bits per heavy atom. The van der Waals surface area contributed by atoms with E-state index in [1.54, 1.807) is 31.0 Å². The van der Waals surface area contributed by atoms with Crippen molar-refractivity contribution < 1.29 is 14.3 Å². The summed E-state index contributed by atoms with van der Waals surface area (Å²) in [6.07, 6.45) is 1.86. The van der Waals surface area contributed by atoms with Crippen LogP contribution < -0.4 is 9.47 Å². The van der Waals surface area contributed by atoms with Gasteiger partial charge < -0.3 is 14.4 Å². The monoisotopic (exact) mass is 354 g/mol. The molecule has 0 N–H and O–H groups in total. The first-order valence-electron chi connectivity index (χ1n) is 8.08. The zero-order chi connectivity index (χ0) is 17.2. The van der Waals surface area contributed by atoms with Crippen LogP contribution >= 0.6 is 11.8 Å². The maximum absolute atomic E-state index is 12.8. The Hall–Kier alpha value is -2.47. The van der Waals surface area contributed by atoms with Gasteiger partial charge in [-0.25, -0.2) is 0 Å². The van der Waals surface area contributed by atoms with Crippen LogP contribution in [0.25, 0.3) is 0 Å². The highest BCUT2D eigenvalue weighted by Gasteiger charge is 2.33. The number of carbonyl (C=O) groups excluding carboxylic acids is 1. The number of carbonyl (C=O) groups is 1. The van der Waals surface area contributed by atoms with Crippen LogP contribution in [0.15, 0.2) is 47.5 Å². The normalized spacial score (nSPS) is 18.5. The third-order valence-electron chi connectivity index (χ3n) is 4.32. The van der Waals surface area contributed by atoms with E-state index in [0.29, 0.717) is 35.2 Å². The molecular formula is C19H18N2O3S. The standard InChI is InChI=1S/C19H18N2O3S/c1-23-17-7-15-16(20-9-14-11-25-12-21(14)19(15)22)8-18(17)24-10-13-5-3-2-4-6-13/h2-9,14H,10-12H2,1H3/t14-/m1/s1. The lowest BCUT2D eigenvalue weighted by Crippen LogP contribution is -2.36. The molecule has 0 radical (unpaired) electrons. The topological polar surface area (TPSA) is 51.1 Å². The Morgan fingerprint density at radius 2 is 2.08 bits per heavy atom. The minimum Gasteiger partial charge on any atom is -0.493 e. The zero-order valence-corrected chi connectivity index (χ0v) is 14.7. The molecule has 2 aliphatic rings. The number of ether oxygens (including phenoxy) is 2. The molecule has 1 saturated heterocycles. The van der Waals surface area contributed by atoms with Gasteiger partial charge in [-0.05, 0) is 11.6 Å². The Labute approximate surface area is 150 Å². The molecule has 0 bridgehead atoms. The molecule has 6 heteroatoms. The van der Waals surface area contributed by atoms with Crippen LogP contribution in [0.3, 0.4) is 0 Å². The summed E-state index contributed by atoms with van der Waals surface area (Å²) in [5.41, 5.74) is 2.26. The van der Waals surface area contributed by atoms with Gasteiger partial charge in [0.2, 0.25) is 0 Å². The van der Waals surface area contributed by atoms with Crippen molar-refractivity contribution in [1.29, 1.82) is 0 Å². The maximum Gasteiger partial charge on any atom is 0.257 e. The van der Waals surface area contributed by atoms with Gasteiger partial charge in [0.05, 0.1) is 30.3 Å². The number of fused-ring (bicyclic) bond motifs is 2. The molecule has 0 saturated carbocycles. The summed E-state index contributed by atoms with van der Waals surface area (Å²) in [7, 11) is 1.58. The van der Waals surface area contributed by atoms with Crippen LogP contribution in [0.1, 0.15) is 15.9 Å². The molecule has 2 aromatic carbocycles. The van der Waals surface area contributed by atoms with Gasteiger partial charge in [0, 0.05) is 18.0 Å². The van der Waals surface area contributed by atoms with Crippen molar-refractivity contribution in [3.05, 3.63) is 53.6 Å². The highest BCUT2D eigenvalue weighted by molar-refractivity contribution is 7.99. The molecule has 0 aromatic heterocycles. The summed E-state index contributed by atoms with van der Waals surface area (Å²) in [5.74, 6) is 2.71. The molecule has 0 aliphatic carbocycles. The molecule has 1 fully saturated rings. The molecule has 128 valence electrons. The first-order valence-corrected chi connectivity index (χ1v) is 9.23. The van der Waals surface area contributed by atoms with Crippen molar-refractivity contribution in [3.63, 3.8) is 0 Å². The third-order valence-corrected chi connectivity index (χ3v) is 5.35. The molecule has 2 aliphatic heterocycles. The van der Waals surface area contributed by atoms with Crippen molar-refractivity contribution in [2.75, 3.05) is 18.7 Å². The highest BCUT2D eigenvalue weighted by atomic mass is 32.2. The van der Waals surface area contributed by atoms with E-state index in [-0.39, 0.29) is 11.9 Å². The molecule has 4 rings (SSSR count). The van der Waals surface area contributed by atoms with Gasteiger partial charge in [0.25, 0.3) is 5.91 Å². The van der Waals surface area contributed by atoms with E-state index in [0.717, 1.165) is 11.3 Å². The summed E-state index contributed by atoms with van der Waals surface area (Å²) in [4.78, 5) is 19.2. The largest absolute Gasteiger partial charge is 0.493 e. The molecule has 2 heterocycles. The van der Waals surface area contributed by atoms with Crippen LogP contribution in [0.5, 0.6) is 11.5 Å². The molecular weight excluding hydrogens is 336 g/mol. The summed E-state index contributed by atoms with van der Waals surface area (Å²) in [5, 5.41) is 0. The summed E-state index contributed by atoms with van der Waals surface area (Å²) >= 11 is 1.74. The Bertz CT molecular complexity index is 823. The number of rotatable bonds is 4. The van der Waals surface area contributed by atoms with Gasteiger partial charge in [-0.3, -0.25) is 9.79 Å². The van der Waals surface area contributed by atoms with Gasteiger partial charge in [0.15, 0.2) is 11.5 Å². The molecule has 2 aromatic rings. The molecule has 1 amide bonds. The number of aliphatic imine (C=N–C) groups is 1. The van der Waals surface area contributed by atoms with Gasteiger partial charge >= 0.3 is 0 Å². The number of thioether (sulfide) groups is 1. The van der Waals surface area contributed by atoms with Gasteiger partial charge in [-0.15, -0.1) is 11.8 Å². The smallest absolute Gasteiger partial charge is 0.257 e. The van der Waals surface area contributed by atoms with Gasteiger partial charge in [-0.1, -0.05) is 30.3 Å².